The second kappa shape index (κ2) is 5.97. The van der Waals surface area contributed by atoms with E-state index >= 15 is 0 Å². The van der Waals surface area contributed by atoms with Crippen LogP contribution in [0.5, 0.6) is 0 Å². The van der Waals surface area contributed by atoms with Crippen molar-refractivity contribution in [2.45, 2.75) is 19.0 Å². The Morgan fingerprint density at radius 3 is 2.47 bits per heavy atom. The molecule has 0 bridgehead atoms. The highest BCUT2D eigenvalue weighted by Gasteiger charge is 2.38. The lowest BCUT2D eigenvalue weighted by atomic mass is 10.0. The Bertz CT molecular complexity index is 490. The third kappa shape index (κ3) is 3.98. The fourth-order valence-corrected chi connectivity index (χ4v) is 2.00. The number of nitrogens with zero attached hydrogens (tertiary/aromatic N) is 1. The van der Waals surface area contributed by atoms with Crippen molar-refractivity contribution in [1.29, 1.82) is 0 Å². The molecule has 1 aromatic rings. The van der Waals surface area contributed by atoms with Crippen molar-refractivity contribution in [3.63, 3.8) is 0 Å². The molecule has 3 nitrogen and oxygen atoms in total. The number of methoxy groups -OCH3 is 1. The average Bonchev–Trinajstić information content (AvgIpc) is 2.26. The summed E-state index contributed by atoms with van der Waals surface area (Å²) >= 11 is 1.46. The minimum absolute atomic E-state index is 0.131. The number of carbonyl (C=O) groups excluding carboxylic acids is 1. The molecule has 1 rings (SSSR count). The normalized spacial score (nSPS) is 11.8. The van der Waals surface area contributed by atoms with Gasteiger partial charge in [0.2, 0.25) is 0 Å². The molecule has 0 saturated heterocycles. The number of halogens is 6. The first-order chi connectivity index (χ1) is 8.66. The SMILES string of the molecule is COC(=O)Cc1nc(I)cc(C(F)(F)F)c1C(F)F. The largest absolute Gasteiger partial charge is 0.469 e. The van der Waals surface area contributed by atoms with Gasteiger partial charge in [-0.15, -0.1) is 0 Å². The predicted molar refractivity (Wildman–Crippen MR) is 62.6 cm³/mol. The van der Waals surface area contributed by atoms with Crippen LogP contribution in [0.15, 0.2) is 6.07 Å². The van der Waals surface area contributed by atoms with Crippen molar-refractivity contribution in [2.75, 3.05) is 7.11 Å². The maximum Gasteiger partial charge on any atom is 0.417 e. The molecule has 0 saturated carbocycles. The third-order valence-corrected chi connectivity index (χ3v) is 2.72. The lowest BCUT2D eigenvalue weighted by molar-refractivity contribution is -0.141. The van der Waals surface area contributed by atoms with Crippen LogP contribution in [0, 0.1) is 3.70 Å². The number of hydrogen-bond acceptors (Lipinski definition) is 3. The van der Waals surface area contributed by atoms with Gasteiger partial charge in [0.15, 0.2) is 0 Å². The van der Waals surface area contributed by atoms with Crippen molar-refractivity contribution >= 4 is 28.6 Å². The van der Waals surface area contributed by atoms with Gasteiger partial charge in [-0.05, 0) is 28.7 Å². The summed E-state index contributed by atoms with van der Waals surface area (Å²) in [5.74, 6) is -0.940. The van der Waals surface area contributed by atoms with E-state index in [4.69, 9.17) is 0 Å². The summed E-state index contributed by atoms with van der Waals surface area (Å²) in [6.45, 7) is 0. The van der Waals surface area contributed by atoms with Crippen LogP contribution in [-0.4, -0.2) is 18.1 Å². The smallest absolute Gasteiger partial charge is 0.417 e. The van der Waals surface area contributed by atoms with Gasteiger partial charge in [-0.2, -0.15) is 13.2 Å². The van der Waals surface area contributed by atoms with Crippen LogP contribution in [0.1, 0.15) is 23.2 Å². The number of rotatable bonds is 3. The molecule has 0 amide bonds. The molecule has 0 unspecified atom stereocenters. The number of carbonyl (C=O) groups is 1. The van der Waals surface area contributed by atoms with Gasteiger partial charge in [0, 0.05) is 0 Å². The minimum Gasteiger partial charge on any atom is -0.469 e. The predicted octanol–water partition coefficient (Wildman–Crippen LogP) is 3.36. The Labute approximate surface area is 118 Å². The maximum atomic E-state index is 12.8. The van der Waals surface area contributed by atoms with Gasteiger partial charge in [-0.3, -0.25) is 4.79 Å². The summed E-state index contributed by atoms with van der Waals surface area (Å²) in [7, 11) is 1.00. The molecule has 1 heterocycles. The Morgan fingerprint density at radius 2 is 2.05 bits per heavy atom. The molecular weight excluding hydrogens is 388 g/mol. The molecule has 19 heavy (non-hydrogen) atoms. The van der Waals surface area contributed by atoms with Crippen LogP contribution in [0.2, 0.25) is 0 Å². The highest BCUT2D eigenvalue weighted by Crippen LogP contribution is 2.38. The zero-order valence-corrected chi connectivity index (χ0v) is 11.6. The van der Waals surface area contributed by atoms with E-state index < -0.39 is 41.8 Å². The van der Waals surface area contributed by atoms with Crippen molar-refractivity contribution < 1.29 is 31.5 Å². The molecule has 0 aliphatic carbocycles. The summed E-state index contributed by atoms with van der Waals surface area (Å²) < 4.78 is 67.9. The third-order valence-electron chi connectivity index (χ3n) is 2.17. The van der Waals surface area contributed by atoms with Crippen LogP contribution in [0.25, 0.3) is 0 Å². The molecule has 0 aromatic carbocycles. The Balaban J connectivity index is 3.45. The van der Waals surface area contributed by atoms with E-state index in [0.717, 1.165) is 7.11 Å². The fraction of sp³-hybridized carbons (Fsp3) is 0.400. The van der Waals surface area contributed by atoms with E-state index in [1.165, 1.54) is 22.6 Å². The Kier molecular flexibility index (Phi) is 5.04. The summed E-state index contributed by atoms with van der Waals surface area (Å²) in [6, 6.07) is 0.517. The highest BCUT2D eigenvalue weighted by molar-refractivity contribution is 14.1. The van der Waals surface area contributed by atoms with E-state index in [1.807, 2.05) is 0 Å². The second-order valence-electron chi connectivity index (χ2n) is 3.40. The molecule has 0 spiro atoms. The zero-order valence-electron chi connectivity index (χ0n) is 9.39. The van der Waals surface area contributed by atoms with E-state index in [-0.39, 0.29) is 3.70 Å². The molecule has 0 fully saturated rings. The summed E-state index contributed by atoms with van der Waals surface area (Å²) in [5.41, 5.74) is -3.39. The van der Waals surface area contributed by atoms with E-state index in [9.17, 15) is 26.7 Å². The van der Waals surface area contributed by atoms with Gasteiger partial charge < -0.3 is 4.74 Å². The van der Waals surface area contributed by atoms with Crippen LogP contribution < -0.4 is 0 Å². The standard InChI is InChI=1S/C10H7F5INO2/c1-19-7(18)3-5-8(9(11)12)4(10(13,14)15)2-6(16)17-5/h2,9H,3H2,1H3. The van der Waals surface area contributed by atoms with Gasteiger partial charge in [0.25, 0.3) is 6.43 Å². The summed E-state index contributed by atoms with van der Waals surface area (Å²) in [5, 5.41) is 0. The van der Waals surface area contributed by atoms with Gasteiger partial charge >= 0.3 is 12.1 Å². The van der Waals surface area contributed by atoms with Gasteiger partial charge in [-0.25, -0.2) is 13.8 Å². The number of aromatic nitrogens is 1. The second-order valence-corrected chi connectivity index (χ2v) is 4.51. The molecule has 106 valence electrons. The van der Waals surface area contributed by atoms with Gasteiger partial charge in [0.05, 0.1) is 30.4 Å². The maximum absolute atomic E-state index is 12.8. The molecule has 0 radical (unpaired) electrons. The average molecular weight is 395 g/mol. The number of hydrogen-bond donors (Lipinski definition) is 0. The Hall–Kier alpha value is -1.00. The van der Waals surface area contributed by atoms with Gasteiger partial charge in [-0.1, -0.05) is 0 Å². The molecule has 0 aliphatic rings. The lowest BCUT2D eigenvalue weighted by Crippen LogP contribution is -2.17. The topological polar surface area (TPSA) is 39.2 Å². The number of pyridine rings is 1. The molecule has 0 N–H and O–H groups in total. The first-order valence-corrected chi connectivity index (χ1v) is 5.86. The van der Waals surface area contributed by atoms with Crippen LogP contribution in [0.3, 0.4) is 0 Å². The first-order valence-electron chi connectivity index (χ1n) is 4.78. The van der Waals surface area contributed by atoms with Crippen molar-refractivity contribution in [1.82, 2.24) is 4.98 Å². The number of ether oxygens (including phenoxy) is 1. The zero-order chi connectivity index (χ0) is 14.8. The summed E-state index contributed by atoms with van der Waals surface area (Å²) in [4.78, 5) is 14.6. The van der Waals surface area contributed by atoms with E-state index in [0.29, 0.717) is 6.07 Å². The quantitative estimate of drug-likeness (QED) is 0.341. The van der Waals surface area contributed by atoms with Gasteiger partial charge in [0.1, 0.15) is 3.70 Å². The van der Waals surface area contributed by atoms with Crippen molar-refractivity contribution in [3.05, 3.63) is 26.6 Å². The van der Waals surface area contributed by atoms with Crippen LogP contribution in [-0.2, 0) is 22.1 Å². The van der Waals surface area contributed by atoms with E-state index in [1.54, 1.807) is 0 Å². The lowest BCUT2D eigenvalue weighted by Gasteiger charge is -2.16. The van der Waals surface area contributed by atoms with Crippen LogP contribution in [0.4, 0.5) is 22.0 Å². The Morgan fingerprint density at radius 1 is 1.47 bits per heavy atom. The molecule has 9 heteroatoms. The van der Waals surface area contributed by atoms with Crippen LogP contribution >= 0.6 is 22.6 Å². The molecule has 1 aromatic heterocycles. The van der Waals surface area contributed by atoms with Crippen molar-refractivity contribution in [3.8, 4) is 0 Å². The molecule has 0 atom stereocenters. The molecular formula is C10H7F5INO2. The monoisotopic (exact) mass is 395 g/mol. The number of esters is 1. The fourth-order valence-electron chi connectivity index (χ4n) is 1.40. The number of alkyl halides is 5. The highest BCUT2D eigenvalue weighted by atomic mass is 127. The van der Waals surface area contributed by atoms with Crippen molar-refractivity contribution in [2.24, 2.45) is 0 Å². The first kappa shape index (κ1) is 16.1. The van der Waals surface area contributed by atoms with E-state index in [2.05, 4.69) is 9.72 Å². The minimum atomic E-state index is -4.94. The molecule has 0 aliphatic heterocycles. The summed E-state index contributed by atoms with van der Waals surface area (Å²) in [6.07, 6.45) is -9.07.